The number of pyridine rings is 1. The minimum Gasteiger partial charge on any atom is -0.436 e. The fourth-order valence-electron chi connectivity index (χ4n) is 1.51. The molecular weight excluding hydrogens is 276 g/mol. The summed E-state index contributed by atoms with van der Waals surface area (Å²) in [6.07, 6.45) is 0. The number of hydrogen-bond acceptors (Lipinski definition) is 2. The lowest BCUT2D eigenvalue weighted by Gasteiger charge is -2.08. The van der Waals surface area contributed by atoms with Crippen molar-refractivity contribution in [1.82, 2.24) is 4.98 Å². The van der Waals surface area contributed by atoms with Crippen LogP contribution in [0.2, 0.25) is 5.02 Å². The Morgan fingerprint density at radius 1 is 1.33 bits per heavy atom. The van der Waals surface area contributed by atoms with Crippen LogP contribution in [-0.2, 0) is 5.88 Å². The summed E-state index contributed by atoms with van der Waals surface area (Å²) >= 11 is 11.4. The summed E-state index contributed by atoms with van der Waals surface area (Å²) in [5.74, 6) is 0.0837. The van der Waals surface area contributed by atoms with Gasteiger partial charge in [0, 0.05) is 17.6 Å². The van der Waals surface area contributed by atoms with Gasteiger partial charge in [-0.2, -0.15) is 0 Å². The van der Waals surface area contributed by atoms with E-state index in [0.717, 1.165) is 11.3 Å². The van der Waals surface area contributed by atoms with Gasteiger partial charge in [0.1, 0.15) is 0 Å². The number of ether oxygens (including phenoxy) is 1. The van der Waals surface area contributed by atoms with Gasteiger partial charge in [-0.3, -0.25) is 0 Å². The Balaban J connectivity index is 2.34. The molecule has 0 aliphatic carbocycles. The summed E-state index contributed by atoms with van der Waals surface area (Å²) < 4.78 is 19.0. The van der Waals surface area contributed by atoms with Crippen LogP contribution in [0.25, 0.3) is 0 Å². The molecule has 2 aromatic rings. The quantitative estimate of drug-likeness (QED) is 0.762. The number of rotatable bonds is 3. The van der Waals surface area contributed by atoms with Crippen molar-refractivity contribution < 1.29 is 9.13 Å². The van der Waals surface area contributed by atoms with Gasteiger partial charge in [0.2, 0.25) is 5.88 Å². The summed E-state index contributed by atoms with van der Waals surface area (Å²) in [6.45, 7) is 1.82. The lowest BCUT2D eigenvalue weighted by Crippen LogP contribution is -1.94. The SMILES string of the molecule is Cc1cc(CCl)cc(Oc2cccc(Cl)c2F)n1. The van der Waals surface area contributed by atoms with E-state index < -0.39 is 5.82 Å². The van der Waals surface area contributed by atoms with Gasteiger partial charge in [-0.1, -0.05) is 17.7 Å². The molecule has 5 heteroatoms. The normalized spacial score (nSPS) is 10.4. The average molecular weight is 286 g/mol. The maximum atomic E-state index is 13.7. The van der Waals surface area contributed by atoms with E-state index in [-0.39, 0.29) is 10.8 Å². The number of benzene rings is 1. The Morgan fingerprint density at radius 3 is 2.83 bits per heavy atom. The minimum atomic E-state index is -0.602. The highest BCUT2D eigenvalue weighted by atomic mass is 35.5. The van der Waals surface area contributed by atoms with Crippen LogP contribution in [0.4, 0.5) is 4.39 Å². The monoisotopic (exact) mass is 285 g/mol. The van der Waals surface area contributed by atoms with Crippen molar-refractivity contribution in [3.8, 4) is 11.6 Å². The first kappa shape index (κ1) is 13.1. The second kappa shape index (κ2) is 5.55. The van der Waals surface area contributed by atoms with E-state index in [1.807, 2.05) is 13.0 Å². The van der Waals surface area contributed by atoms with Gasteiger partial charge in [0.05, 0.1) is 5.02 Å². The van der Waals surface area contributed by atoms with E-state index in [4.69, 9.17) is 27.9 Å². The first-order valence-electron chi connectivity index (χ1n) is 5.25. The lowest BCUT2D eigenvalue weighted by molar-refractivity contribution is 0.426. The molecular formula is C13H10Cl2FNO. The van der Waals surface area contributed by atoms with Crippen LogP contribution >= 0.6 is 23.2 Å². The van der Waals surface area contributed by atoms with Crippen LogP contribution in [0, 0.1) is 12.7 Å². The van der Waals surface area contributed by atoms with Gasteiger partial charge >= 0.3 is 0 Å². The highest BCUT2D eigenvalue weighted by molar-refractivity contribution is 6.30. The zero-order valence-electron chi connectivity index (χ0n) is 9.58. The smallest absolute Gasteiger partial charge is 0.219 e. The second-order valence-electron chi connectivity index (χ2n) is 3.74. The third kappa shape index (κ3) is 2.92. The molecule has 94 valence electrons. The molecule has 0 spiro atoms. The summed E-state index contributed by atoms with van der Waals surface area (Å²) in [4.78, 5) is 4.16. The zero-order valence-corrected chi connectivity index (χ0v) is 11.1. The first-order chi connectivity index (χ1) is 8.60. The summed E-state index contributed by atoms with van der Waals surface area (Å²) in [5, 5.41) is 0.0118. The molecule has 0 aliphatic rings. The number of alkyl halides is 1. The Kier molecular flexibility index (Phi) is 4.04. The minimum absolute atomic E-state index is 0.0118. The standard InChI is InChI=1S/C13H10Cl2FNO/c1-8-5-9(7-14)6-12(17-8)18-11-4-2-3-10(15)13(11)16/h2-6H,7H2,1H3. The largest absolute Gasteiger partial charge is 0.436 e. The topological polar surface area (TPSA) is 22.1 Å². The predicted octanol–water partition coefficient (Wildman–Crippen LogP) is 4.71. The fraction of sp³-hybridized carbons (Fsp3) is 0.154. The molecule has 0 unspecified atom stereocenters. The maximum absolute atomic E-state index is 13.7. The third-order valence-corrected chi connectivity index (χ3v) is 2.88. The van der Waals surface area contributed by atoms with E-state index in [2.05, 4.69) is 4.98 Å². The Hall–Kier alpha value is -1.32. The molecule has 0 atom stereocenters. The van der Waals surface area contributed by atoms with Crippen LogP contribution in [0.1, 0.15) is 11.3 Å². The number of hydrogen-bond donors (Lipinski definition) is 0. The molecule has 0 saturated heterocycles. The Bertz CT molecular complexity index is 575. The number of nitrogens with zero attached hydrogens (tertiary/aromatic N) is 1. The molecule has 0 aliphatic heterocycles. The number of aromatic nitrogens is 1. The van der Waals surface area contributed by atoms with E-state index in [9.17, 15) is 4.39 Å². The molecule has 0 amide bonds. The molecule has 0 saturated carbocycles. The summed E-state index contributed by atoms with van der Waals surface area (Å²) in [6, 6.07) is 8.07. The molecule has 2 nitrogen and oxygen atoms in total. The highest BCUT2D eigenvalue weighted by Crippen LogP contribution is 2.28. The molecule has 0 N–H and O–H groups in total. The van der Waals surface area contributed by atoms with Crippen LogP contribution in [0.15, 0.2) is 30.3 Å². The van der Waals surface area contributed by atoms with Gasteiger partial charge < -0.3 is 4.74 Å². The zero-order chi connectivity index (χ0) is 13.1. The summed E-state index contributed by atoms with van der Waals surface area (Å²) in [7, 11) is 0. The third-order valence-electron chi connectivity index (χ3n) is 2.27. The van der Waals surface area contributed by atoms with E-state index >= 15 is 0 Å². The van der Waals surface area contributed by atoms with Gasteiger partial charge in [-0.15, -0.1) is 11.6 Å². The Labute approximate surface area is 114 Å². The lowest BCUT2D eigenvalue weighted by atomic mass is 10.2. The van der Waals surface area contributed by atoms with Crippen molar-refractivity contribution in [2.75, 3.05) is 0 Å². The molecule has 0 fully saturated rings. The van der Waals surface area contributed by atoms with Crippen molar-refractivity contribution in [2.24, 2.45) is 0 Å². The van der Waals surface area contributed by atoms with Crippen molar-refractivity contribution >= 4 is 23.2 Å². The number of halogens is 3. The van der Waals surface area contributed by atoms with Crippen LogP contribution in [0.5, 0.6) is 11.6 Å². The van der Waals surface area contributed by atoms with Gasteiger partial charge in [0.15, 0.2) is 11.6 Å². The first-order valence-corrected chi connectivity index (χ1v) is 6.17. The van der Waals surface area contributed by atoms with Crippen LogP contribution in [0.3, 0.4) is 0 Å². The van der Waals surface area contributed by atoms with Gasteiger partial charge in [0.25, 0.3) is 0 Å². The molecule has 2 rings (SSSR count). The molecule has 18 heavy (non-hydrogen) atoms. The van der Waals surface area contributed by atoms with Crippen LogP contribution < -0.4 is 4.74 Å². The van der Waals surface area contributed by atoms with Crippen molar-refractivity contribution in [2.45, 2.75) is 12.8 Å². The maximum Gasteiger partial charge on any atom is 0.219 e. The van der Waals surface area contributed by atoms with Crippen molar-refractivity contribution in [3.05, 3.63) is 52.4 Å². The fourth-order valence-corrected chi connectivity index (χ4v) is 1.83. The molecule has 0 bridgehead atoms. The van der Waals surface area contributed by atoms with E-state index in [1.165, 1.54) is 12.1 Å². The van der Waals surface area contributed by atoms with E-state index in [0.29, 0.717) is 11.8 Å². The molecule has 0 radical (unpaired) electrons. The highest BCUT2D eigenvalue weighted by Gasteiger charge is 2.09. The second-order valence-corrected chi connectivity index (χ2v) is 4.42. The molecule has 1 heterocycles. The molecule has 1 aromatic carbocycles. The predicted molar refractivity (Wildman–Crippen MR) is 70.0 cm³/mol. The average Bonchev–Trinajstić information content (AvgIpc) is 2.34. The summed E-state index contributed by atoms with van der Waals surface area (Å²) in [5.41, 5.74) is 1.62. The van der Waals surface area contributed by atoms with E-state index in [1.54, 1.807) is 12.1 Å². The number of aryl methyl sites for hydroxylation is 1. The van der Waals surface area contributed by atoms with Crippen molar-refractivity contribution in [3.63, 3.8) is 0 Å². The van der Waals surface area contributed by atoms with Gasteiger partial charge in [-0.05, 0) is 30.7 Å². The van der Waals surface area contributed by atoms with Gasteiger partial charge in [-0.25, -0.2) is 9.37 Å². The molecule has 1 aromatic heterocycles. The Morgan fingerprint density at radius 2 is 2.11 bits per heavy atom. The van der Waals surface area contributed by atoms with Crippen molar-refractivity contribution in [1.29, 1.82) is 0 Å². The van der Waals surface area contributed by atoms with Crippen LogP contribution in [-0.4, -0.2) is 4.98 Å².